The van der Waals surface area contributed by atoms with Crippen LogP contribution in [0.2, 0.25) is 0 Å². The zero-order valence-electron chi connectivity index (χ0n) is 12.8. The van der Waals surface area contributed by atoms with E-state index in [1.165, 1.54) is 0 Å². The fraction of sp³-hybridized carbons (Fsp3) is 0.800. The highest BCUT2D eigenvalue weighted by Crippen LogP contribution is 2.27. The van der Waals surface area contributed by atoms with Crippen LogP contribution in [-0.4, -0.2) is 17.1 Å². The van der Waals surface area contributed by atoms with Gasteiger partial charge in [0.2, 0.25) is 0 Å². The van der Waals surface area contributed by atoms with E-state index in [4.69, 9.17) is 4.42 Å². The third-order valence-corrected chi connectivity index (χ3v) is 3.33. The number of aryl methyl sites for hydroxylation is 1. The van der Waals surface area contributed by atoms with E-state index in [0.717, 1.165) is 37.5 Å². The van der Waals surface area contributed by atoms with Crippen LogP contribution >= 0.6 is 0 Å². The topological polar surface area (TPSA) is 38.1 Å². The van der Waals surface area contributed by atoms with Gasteiger partial charge in [-0.15, -0.1) is 0 Å². The molecule has 0 aliphatic rings. The van der Waals surface area contributed by atoms with Crippen LogP contribution in [-0.2, 0) is 11.8 Å². The fourth-order valence-electron chi connectivity index (χ4n) is 1.62. The highest BCUT2D eigenvalue weighted by molar-refractivity contribution is 5.07. The van der Waals surface area contributed by atoms with Crippen LogP contribution in [0.25, 0.3) is 0 Å². The van der Waals surface area contributed by atoms with Gasteiger partial charge in [0.15, 0.2) is 5.89 Å². The van der Waals surface area contributed by atoms with Crippen molar-refractivity contribution in [2.24, 2.45) is 0 Å². The van der Waals surface area contributed by atoms with E-state index in [9.17, 15) is 0 Å². The largest absolute Gasteiger partial charge is 0.445 e. The number of nitrogens with one attached hydrogen (secondary N) is 1. The van der Waals surface area contributed by atoms with Gasteiger partial charge in [-0.3, -0.25) is 0 Å². The molecule has 1 rings (SSSR count). The molecule has 0 spiro atoms. The van der Waals surface area contributed by atoms with Crippen molar-refractivity contribution in [1.82, 2.24) is 10.3 Å². The number of oxazole rings is 1. The van der Waals surface area contributed by atoms with Crippen molar-refractivity contribution >= 4 is 0 Å². The molecule has 1 heterocycles. The highest BCUT2D eigenvalue weighted by Gasteiger charge is 2.22. The lowest BCUT2D eigenvalue weighted by molar-refractivity contribution is 0.350. The van der Waals surface area contributed by atoms with Crippen molar-refractivity contribution in [3.05, 3.63) is 17.8 Å². The molecule has 3 heteroatoms. The molecule has 0 unspecified atom stereocenters. The average molecular weight is 252 g/mol. The molecule has 3 nitrogen and oxygen atoms in total. The summed E-state index contributed by atoms with van der Waals surface area (Å²) in [5.74, 6) is 1.87. The Kier molecular flexibility index (Phi) is 4.97. The standard InChI is InChI=1S/C15H28N2O/c1-7-15(5,6)12-11-16-13(18-12)9-8-10-17-14(2,3)4/h11,17H,7-10H2,1-6H3. The Bertz CT molecular complexity index is 361. The van der Waals surface area contributed by atoms with Crippen molar-refractivity contribution in [2.75, 3.05) is 6.54 Å². The van der Waals surface area contributed by atoms with Gasteiger partial charge in [-0.2, -0.15) is 0 Å². The van der Waals surface area contributed by atoms with Crippen LogP contribution in [0.1, 0.15) is 66.0 Å². The van der Waals surface area contributed by atoms with E-state index >= 15 is 0 Å². The minimum absolute atomic E-state index is 0.0922. The maximum absolute atomic E-state index is 5.83. The van der Waals surface area contributed by atoms with Gasteiger partial charge in [-0.05, 0) is 40.2 Å². The van der Waals surface area contributed by atoms with E-state index in [2.05, 4.69) is 51.8 Å². The molecule has 0 saturated heterocycles. The number of hydrogen-bond acceptors (Lipinski definition) is 3. The molecular weight excluding hydrogens is 224 g/mol. The summed E-state index contributed by atoms with van der Waals surface area (Å²) in [5, 5.41) is 3.47. The lowest BCUT2D eigenvalue weighted by Gasteiger charge is -2.20. The third-order valence-electron chi connectivity index (χ3n) is 3.33. The van der Waals surface area contributed by atoms with Crippen molar-refractivity contribution in [1.29, 1.82) is 0 Å². The zero-order valence-corrected chi connectivity index (χ0v) is 12.8. The number of aromatic nitrogens is 1. The second kappa shape index (κ2) is 5.87. The van der Waals surface area contributed by atoms with E-state index in [-0.39, 0.29) is 11.0 Å². The van der Waals surface area contributed by atoms with E-state index in [0.29, 0.717) is 0 Å². The van der Waals surface area contributed by atoms with Gasteiger partial charge in [0.25, 0.3) is 0 Å². The molecule has 104 valence electrons. The van der Waals surface area contributed by atoms with Crippen molar-refractivity contribution in [3.63, 3.8) is 0 Å². The van der Waals surface area contributed by atoms with Gasteiger partial charge < -0.3 is 9.73 Å². The number of rotatable bonds is 6. The molecule has 0 aliphatic carbocycles. The van der Waals surface area contributed by atoms with Crippen LogP contribution in [0.15, 0.2) is 10.6 Å². The van der Waals surface area contributed by atoms with Gasteiger partial charge >= 0.3 is 0 Å². The summed E-state index contributed by atoms with van der Waals surface area (Å²) in [7, 11) is 0. The molecule has 0 aliphatic heterocycles. The predicted octanol–water partition coefficient (Wildman–Crippen LogP) is 3.68. The normalized spacial score (nSPS) is 13.0. The summed E-state index contributed by atoms with van der Waals surface area (Å²) < 4.78 is 5.83. The van der Waals surface area contributed by atoms with Crippen molar-refractivity contribution < 1.29 is 4.42 Å². The molecule has 0 saturated carbocycles. The zero-order chi connectivity index (χ0) is 13.8. The molecule has 0 radical (unpaired) electrons. The Labute approximate surface area is 111 Å². The van der Waals surface area contributed by atoms with Crippen LogP contribution in [0.5, 0.6) is 0 Å². The second-order valence-electron chi connectivity index (χ2n) is 6.64. The summed E-state index contributed by atoms with van der Waals surface area (Å²) in [6, 6.07) is 0. The van der Waals surface area contributed by atoms with E-state index < -0.39 is 0 Å². The van der Waals surface area contributed by atoms with Crippen molar-refractivity contribution in [3.8, 4) is 0 Å². The van der Waals surface area contributed by atoms with Gasteiger partial charge in [-0.1, -0.05) is 20.8 Å². The first-order valence-electron chi connectivity index (χ1n) is 6.95. The van der Waals surface area contributed by atoms with Crippen LogP contribution < -0.4 is 5.32 Å². The SMILES string of the molecule is CCC(C)(C)c1cnc(CCCNC(C)(C)C)o1. The number of nitrogens with zero attached hydrogens (tertiary/aromatic N) is 1. The average Bonchev–Trinajstić information content (AvgIpc) is 2.72. The van der Waals surface area contributed by atoms with Gasteiger partial charge in [0, 0.05) is 17.4 Å². The van der Waals surface area contributed by atoms with Crippen molar-refractivity contribution in [2.45, 2.75) is 71.8 Å². The van der Waals surface area contributed by atoms with Gasteiger partial charge in [-0.25, -0.2) is 4.98 Å². The fourth-order valence-corrected chi connectivity index (χ4v) is 1.62. The summed E-state index contributed by atoms with van der Waals surface area (Å²) >= 11 is 0. The van der Waals surface area contributed by atoms with Gasteiger partial charge in [0.05, 0.1) is 6.20 Å². The molecule has 1 N–H and O–H groups in total. The molecule has 1 aromatic rings. The van der Waals surface area contributed by atoms with Gasteiger partial charge in [0.1, 0.15) is 5.76 Å². The minimum atomic E-state index is 0.0922. The third kappa shape index (κ3) is 4.81. The summed E-state index contributed by atoms with van der Waals surface area (Å²) in [4.78, 5) is 4.37. The van der Waals surface area contributed by atoms with Crippen LogP contribution in [0, 0.1) is 0 Å². The molecule has 0 bridgehead atoms. The lowest BCUT2D eigenvalue weighted by Crippen LogP contribution is -2.36. The Hall–Kier alpha value is -0.830. The number of hydrogen-bond donors (Lipinski definition) is 1. The molecule has 0 aromatic carbocycles. The molecule has 0 amide bonds. The van der Waals surface area contributed by atoms with E-state index in [1.54, 1.807) is 0 Å². The second-order valence-corrected chi connectivity index (χ2v) is 6.64. The van der Waals surface area contributed by atoms with Crippen LogP contribution in [0.4, 0.5) is 0 Å². The maximum Gasteiger partial charge on any atom is 0.194 e. The Morgan fingerprint density at radius 3 is 2.44 bits per heavy atom. The molecule has 0 atom stereocenters. The monoisotopic (exact) mass is 252 g/mol. The summed E-state index contributed by atoms with van der Waals surface area (Å²) in [5.41, 5.74) is 0.279. The smallest absolute Gasteiger partial charge is 0.194 e. The quantitative estimate of drug-likeness (QED) is 0.785. The first-order valence-corrected chi connectivity index (χ1v) is 6.95. The first kappa shape index (κ1) is 15.2. The van der Waals surface area contributed by atoms with Crippen LogP contribution in [0.3, 0.4) is 0 Å². The summed E-state index contributed by atoms with van der Waals surface area (Å²) in [6.07, 6.45) is 4.91. The molecular formula is C15H28N2O. The predicted molar refractivity (Wildman–Crippen MR) is 75.9 cm³/mol. The highest BCUT2D eigenvalue weighted by atomic mass is 16.4. The maximum atomic E-state index is 5.83. The molecule has 18 heavy (non-hydrogen) atoms. The molecule has 1 aromatic heterocycles. The Balaban J connectivity index is 2.41. The van der Waals surface area contributed by atoms with E-state index in [1.807, 2.05) is 6.20 Å². The summed E-state index contributed by atoms with van der Waals surface area (Å²) in [6.45, 7) is 14.1. The Morgan fingerprint density at radius 2 is 1.89 bits per heavy atom. The lowest BCUT2D eigenvalue weighted by atomic mass is 9.88. The minimum Gasteiger partial charge on any atom is -0.445 e. The Morgan fingerprint density at radius 1 is 1.22 bits per heavy atom. The molecule has 0 fully saturated rings. The first-order chi connectivity index (χ1) is 8.24.